The van der Waals surface area contributed by atoms with Crippen molar-refractivity contribution in [3.8, 4) is 0 Å². The van der Waals surface area contributed by atoms with Crippen LogP contribution in [0, 0.1) is 5.92 Å². The van der Waals surface area contributed by atoms with Crippen molar-refractivity contribution in [1.82, 2.24) is 5.32 Å². The van der Waals surface area contributed by atoms with Gasteiger partial charge in [-0.1, -0.05) is 13.8 Å². The Hall–Kier alpha value is -0.570. The van der Waals surface area contributed by atoms with Crippen LogP contribution in [0.15, 0.2) is 0 Å². The van der Waals surface area contributed by atoms with E-state index in [2.05, 4.69) is 5.32 Å². The van der Waals surface area contributed by atoms with Crippen LogP contribution >= 0.6 is 0 Å². The maximum atomic E-state index is 11.3. The number of rotatable bonds is 5. The first kappa shape index (κ1) is 12.4. The molecule has 0 aliphatic rings. The fourth-order valence-electron chi connectivity index (χ4n) is 1.28. The molecule has 0 spiro atoms. The smallest absolute Gasteiger partial charge is 0.220 e. The van der Waals surface area contributed by atoms with Crippen molar-refractivity contribution < 1.29 is 9.90 Å². The molecule has 78 valence electrons. The summed E-state index contributed by atoms with van der Waals surface area (Å²) in [7, 11) is 0. The molecule has 0 aromatic carbocycles. The van der Waals surface area contributed by atoms with Crippen LogP contribution < -0.4 is 5.32 Å². The lowest BCUT2D eigenvalue weighted by atomic mass is 10.1. The van der Waals surface area contributed by atoms with E-state index in [1.807, 2.05) is 20.8 Å². The van der Waals surface area contributed by atoms with Crippen LogP contribution in [0.3, 0.4) is 0 Å². The Bertz CT molecular complexity index is 155. The summed E-state index contributed by atoms with van der Waals surface area (Å²) in [6, 6.07) is 0.0613. The molecule has 2 unspecified atom stereocenters. The predicted molar refractivity (Wildman–Crippen MR) is 53.4 cm³/mol. The van der Waals surface area contributed by atoms with Crippen LogP contribution in [0.5, 0.6) is 0 Å². The molecular formula is C10H21NO2. The van der Waals surface area contributed by atoms with Crippen molar-refractivity contribution in [3.63, 3.8) is 0 Å². The molecule has 0 aliphatic heterocycles. The van der Waals surface area contributed by atoms with Crippen molar-refractivity contribution in [2.45, 2.75) is 52.7 Å². The molecule has 2 atom stereocenters. The quantitative estimate of drug-likeness (QED) is 0.681. The summed E-state index contributed by atoms with van der Waals surface area (Å²) >= 11 is 0. The summed E-state index contributed by atoms with van der Waals surface area (Å²) in [5.74, 6) is 0.460. The fourth-order valence-corrected chi connectivity index (χ4v) is 1.28. The second-order valence-electron chi connectivity index (χ2n) is 4.15. The molecule has 13 heavy (non-hydrogen) atoms. The Balaban J connectivity index is 3.65. The normalized spacial score (nSPS) is 15.5. The molecule has 0 rings (SSSR count). The molecule has 0 fully saturated rings. The van der Waals surface area contributed by atoms with Gasteiger partial charge in [-0.15, -0.1) is 0 Å². The van der Waals surface area contributed by atoms with Gasteiger partial charge in [-0.05, 0) is 26.2 Å². The number of aliphatic hydroxyl groups excluding tert-OH is 1. The number of hydrogen-bond acceptors (Lipinski definition) is 2. The van der Waals surface area contributed by atoms with Gasteiger partial charge in [0.15, 0.2) is 0 Å². The molecular weight excluding hydrogens is 166 g/mol. The zero-order valence-electron chi connectivity index (χ0n) is 9.00. The average Bonchev–Trinajstić information content (AvgIpc) is 1.80. The number of nitrogens with one attached hydrogen (secondary N) is 1. The maximum Gasteiger partial charge on any atom is 0.220 e. The highest BCUT2D eigenvalue weighted by molar-refractivity contribution is 5.76. The first-order valence-corrected chi connectivity index (χ1v) is 4.89. The van der Waals surface area contributed by atoms with Crippen LogP contribution in [-0.4, -0.2) is 23.2 Å². The summed E-state index contributed by atoms with van der Waals surface area (Å²) in [4.78, 5) is 11.3. The third-order valence-electron chi connectivity index (χ3n) is 1.70. The molecule has 1 amide bonds. The van der Waals surface area contributed by atoms with E-state index < -0.39 is 0 Å². The van der Waals surface area contributed by atoms with Crippen LogP contribution in [0.1, 0.15) is 40.5 Å². The van der Waals surface area contributed by atoms with Gasteiger partial charge in [0.2, 0.25) is 5.91 Å². The molecule has 0 saturated heterocycles. The van der Waals surface area contributed by atoms with Crippen molar-refractivity contribution in [2.75, 3.05) is 0 Å². The number of carbonyl (C=O) groups excluding carboxylic acids is 1. The van der Waals surface area contributed by atoms with Gasteiger partial charge in [0.05, 0.1) is 6.10 Å². The Morgan fingerprint density at radius 3 is 2.23 bits per heavy atom. The molecule has 3 heteroatoms. The predicted octanol–water partition coefficient (Wildman–Crippen LogP) is 1.31. The highest BCUT2D eigenvalue weighted by atomic mass is 16.3. The minimum Gasteiger partial charge on any atom is -0.393 e. The van der Waals surface area contributed by atoms with E-state index in [1.165, 1.54) is 0 Å². The summed E-state index contributed by atoms with van der Waals surface area (Å²) in [6.45, 7) is 7.66. The lowest BCUT2D eigenvalue weighted by Gasteiger charge is -2.15. The standard InChI is InChI=1S/C10H21NO2/c1-7(2)5-10(13)11-8(3)6-9(4)12/h7-9,12H,5-6H2,1-4H3,(H,11,13). The second kappa shape index (κ2) is 5.97. The SMILES string of the molecule is CC(C)CC(=O)NC(C)CC(C)O. The van der Waals surface area contributed by atoms with Crippen molar-refractivity contribution in [2.24, 2.45) is 5.92 Å². The van der Waals surface area contributed by atoms with E-state index in [0.717, 1.165) is 0 Å². The van der Waals surface area contributed by atoms with E-state index in [1.54, 1.807) is 6.92 Å². The van der Waals surface area contributed by atoms with E-state index in [0.29, 0.717) is 18.8 Å². The zero-order valence-corrected chi connectivity index (χ0v) is 9.00. The van der Waals surface area contributed by atoms with Gasteiger partial charge in [-0.3, -0.25) is 4.79 Å². The van der Waals surface area contributed by atoms with Gasteiger partial charge in [-0.2, -0.15) is 0 Å². The monoisotopic (exact) mass is 187 g/mol. The molecule has 0 aromatic rings. The Morgan fingerprint density at radius 2 is 1.85 bits per heavy atom. The molecule has 0 bridgehead atoms. The summed E-state index contributed by atoms with van der Waals surface area (Å²) in [6.07, 6.45) is 0.822. The fraction of sp³-hybridized carbons (Fsp3) is 0.900. The van der Waals surface area contributed by atoms with Crippen molar-refractivity contribution in [1.29, 1.82) is 0 Å². The average molecular weight is 187 g/mol. The van der Waals surface area contributed by atoms with E-state index >= 15 is 0 Å². The number of amides is 1. The second-order valence-corrected chi connectivity index (χ2v) is 4.15. The zero-order chi connectivity index (χ0) is 10.4. The van der Waals surface area contributed by atoms with Gasteiger partial charge in [-0.25, -0.2) is 0 Å². The van der Waals surface area contributed by atoms with Crippen LogP contribution in [0.25, 0.3) is 0 Å². The van der Waals surface area contributed by atoms with Crippen molar-refractivity contribution in [3.05, 3.63) is 0 Å². The summed E-state index contributed by atoms with van der Waals surface area (Å²) in [5.41, 5.74) is 0. The third-order valence-corrected chi connectivity index (χ3v) is 1.70. The number of carbonyl (C=O) groups is 1. The van der Waals surface area contributed by atoms with Crippen LogP contribution in [0.4, 0.5) is 0 Å². The Kier molecular flexibility index (Phi) is 5.71. The van der Waals surface area contributed by atoms with E-state index in [-0.39, 0.29) is 18.1 Å². The maximum absolute atomic E-state index is 11.3. The van der Waals surface area contributed by atoms with E-state index in [4.69, 9.17) is 5.11 Å². The molecule has 2 N–H and O–H groups in total. The first-order chi connectivity index (χ1) is 5.91. The summed E-state index contributed by atoms with van der Waals surface area (Å²) < 4.78 is 0. The Labute approximate surface area is 80.5 Å². The number of hydrogen-bond donors (Lipinski definition) is 2. The van der Waals surface area contributed by atoms with Crippen LogP contribution in [-0.2, 0) is 4.79 Å². The van der Waals surface area contributed by atoms with Gasteiger partial charge in [0.1, 0.15) is 0 Å². The highest BCUT2D eigenvalue weighted by Gasteiger charge is 2.10. The number of aliphatic hydroxyl groups is 1. The largest absolute Gasteiger partial charge is 0.393 e. The first-order valence-electron chi connectivity index (χ1n) is 4.89. The third kappa shape index (κ3) is 7.78. The lowest BCUT2D eigenvalue weighted by Crippen LogP contribution is -2.35. The van der Waals surface area contributed by atoms with E-state index in [9.17, 15) is 4.79 Å². The highest BCUT2D eigenvalue weighted by Crippen LogP contribution is 2.01. The topological polar surface area (TPSA) is 49.3 Å². The molecule has 0 saturated carbocycles. The van der Waals surface area contributed by atoms with Crippen LogP contribution in [0.2, 0.25) is 0 Å². The summed E-state index contributed by atoms with van der Waals surface area (Å²) in [5, 5.41) is 11.9. The van der Waals surface area contributed by atoms with Gasteiger partial charge in [0.25, 0.3) is 0 Å². The molecule has 3 nitrogen and oxygen atoms in total. The Morgan fingerprint density at radius 1 is 1.31 bits per heavy atom. The van der Waals surface area contributed by atoms with Crippen molar-refractivity contribution >= 4 is 5.91 Å². The molecule has 0 aromatic heterocycles. The molecule has 0 heterocycles. The lowest BCUT2D eigenvalue weighted by molar-refractivity contribution is -0.122. The molecule has 0 aliphatic carbocycles. The molecule has 0 radical (unpaired) electrons. The minimum absolute atomic E-state index is 0.0613. The van der Waals surface area contributed by atoms with Gasteiger partial charge >= 0.3 is 0 Å². The minimum atomic E-state index is -0.352. The van der Waals surface area contributed by atoms with Gasteiger partial charge in [0, 0.05) is 12.5 Å². The van der Waals surface area contributed by atoms with Gasteiger partial charge < -0.3 is 10.4 Å².